The van der Waals surface area contributed by atoms with Crippen molar-refractivity contribution in [2.45, 2.75) is 11.1 Å². The molecule has 0 atom stereocenters. The van der Waals surface area contributed by atoms with Crippen LogP contribution in [0.3, 0.4) is 0 Å². The van der Waals surface area contributed by atoms with E-state index in [2.05, 4.69) is 4.98 Å². The summed E-state index contributed by atoms with van der Waals surface area (Å²) < 4.78 is 69.0. The van der Waals surface area contributed by atoms with Crippen molar-refractivity contribution in [1.82, 2.24) is 9.55 Å². The molecule has 0 radical (unpaired) electrons. The first-order chi connectivity index (χ1) is 13.0. The van der Waals surface area contributed by atoms with Crippen molar-refractivity contribution >= 4 is 21.6 Å². The number of nitrogens with zero attached hydrogens (tertiary/aromatic N) is 2. The largest absolute Gasteiger partial charge is 0.494 e. The first-order valence-corrected chi connectivity index (χ1v) is 9.57. The highest BCUT2D eigenvalue weighted by atomic mass is 35.5. The first kappa shape index (κ1) is 20.2. The van der Waals surface area contributed by atoms with Crippen molar-refractivity contribution in [3.63, 3.8) is 0 Å². The molecule has 11 heteroatoms. The van der Waals surface area contributed by atoms with Crippen molar-refractivity contribution in [2.24, 2.45) is 5.14 Å². The molecule has 3 rings (SSSR count). The fraction of sp³-hybridized carbons (Fsp3) is 0.118. The smallest absolute Gasteiger partial charge is 0.434 e. The predicted octanol–water partition coefficient (Wildman–Crippen LogP) is 3.87. The molecule has 0 aliphatic carbocycles. The molecule has 1 aromatic heterocycles. The Kier molecular flexibility index (Phi) is 5.13. The molecule has 2 aromatic carbocycles. The molecule has 0 aliphatic rings. The number of primary sulfonamides is 1. The van der Waals surface area contributed by atoms with Crippen LogP contribution in [-0.2, 0) is 16.2 Å². The van der Waals surface area contributed by atoms with Crippen molar-refractivity contribution < 1.29 is 26.3 Å². The van der Waals surface area contributed by atoms with Gasteiger partial charge in [0.15, 0.2) is 5.69 Å². The molecule has 0 spiro atoms. The van der Waals surface area contributed by atoms with E-state index in [9.17, 15) is 21.6 Å². The van der Waals surface area contributed by atoms with Gasteiger partial charge in [0.1, 0.15) is 11.6 Å². The second kappa shape index (κ2) is 7.12. The van der Waals surface area contributed by atoms with Crippen LogP contribution in [0.4, 0.5) is 13.2 Å². The van der Waals surface area contributed by atoms with Crippen LogP contribution in [0.1, 0.15) is 5.69 Å². The minimum atomic E-state index is -4.69. The maximum atomic E-state index is 13.3. The summed E-state index contributed by atoms with van der Waals surface area (Å²) >= 11 is 6.08. The van der Waals surface area contributed by atoms with Crippen LogP contribution in [0.25, 0.3) is 17.1 Å². The molecule has 0 fully saturated rings. The average molecular weight is 432 g/mol. The van der Waals surface area contributed by atoms with Crippen LogP contribution in [0.15, 0.2) is 53.6 Å². The van der Waals surface area contributed by atoms with E-state index in [1.165, 1.54) is 48.1 Å². The van der Waals surface area contributed by atoms with Crippen LogP contribution in [0.5, 0.6) is 5.75 Å². The van der Waals surface area contributed by atoms with Crippen LogP contribution >= 0.6 is 11.6 Å². The van der Waals surface area contributed by atoms with Crippen molar-refractivity contribution in [1.29, 1.82) is 0 Å². The Morgan fingerprint density at radius 1 is 1.14 bits per heavy atom. The first-order valence-electron chi connectivity index (χ1n) is 7.65. The summed E-state index contributed by atoms with van der Waals surface area (Å²) in [6, 6.07) is 9.62. The van der Waals surface area contributed by atoms with Gasteiger partial charge in [-0.15, -0.1) is 0 Å². The molecule has 3 aromatic rings. The molecule has 0 unspecified atom stereocenters. The third-order valence-corrected chi connectivity index (χ3v) is 5.08. The Morgan fingerprint density at radius 3 is 2.32 bits per heavy atom. The van der Waals surface area contributed by atoms with Gasteiger partial charge in [0.05, 0.1) is 22.6 Å². The van der Waals surface area contributed by atoms with Crippen LogP contribution in [0, 0.1) is 0 Å². The summed E-state index contributed by atoms with van der Waals surface area (Å²) in [6.07, 6.45) is -3.88. The number of sulfonamides is 1. The average Bonchev–Trinajstić information content (AvgIpc) is 3.06. The zero-order chi connectivity index (χ0) is 20.7. The summed E-state index contributed by atoms with van der Waals surface area (Å²) in [5.41, 5.74) is -0.645. The Labute approximate surface area is 163 Å². The molecule has 0 saturated heterocycles. The van der Waals surface area contributed by atoms with E-state index >= 15 is 0 Å². The van der Waals surface area contributed by atoms with E-state index in [-0.39, 0.29) is 32.7 Å². The monoisotopic (exact) mass is 431 g/mol. The predicted molar refractivity (Wildman–Crippen MR) is 96.9 cm³/mol. The molecule has 6 nitrogen and oxygen atoms in total. The fourth-order valence-electron chi connectivity index (χ4n) is 2.59. The molecule has 0 aliphatic heterocycles. The van der Waals surface area contributed by atoms with E-state index < -0.39 is 21.9 Å². The molecular formula is C17H13ClF3N3O3S. The fourth-order valence-corrected chi connectivity index (χ4v) is 3.36. The lowest BCUT2D eigenvalue weighted by Gasteiger charge is -2.12. The molecule has 0 saturated carbocycles. The number of nitrogens with two attached hydrogens (primary N) is 1. The van der Waals surface area contributed by atoms with Crippen molar-refractivity contribution in [3.8, 4) is 22.8 Å². The number of para-hydroxylation sites is 1. The lowest BCUT2D eigenvalue weighted by molar-refractivity contribution is -0.140. The number of aromatic nitrogens is 2. The lowest BCUT2D eigenvalue weighted by atomic mass is 10.2. The molecular weight excluding hydrogens is 419 g/mol. The lowest BCUT2D eigenvalue weighted by Crippen LogP contribution is -2.12. The van der Waals surface area contributed by atoms with Gasteiger partial charge >= 0.3 is 6.18 Å². The minimum Gasteiger partial charge on any atom is -0.494 e. The van der Waals surface area contributed by atoms with E-state index in [4.69, 9.17) is 21.5 Å². The Hall–Kier alpha value is -2.56. The highest BCUT2D eigenvalue weighted by Gasteiger charge is 2.35. The molecule has 28 heavy (non-hydrogen) atoms. The number of ether oxygens (including phenoxy) is 1. The maximum Gasteiger partial charge on any atom is 0.434 e. The highest BCUT2D eigenvalue weighted by molar-refractivity contribution is 7.89. The van der Waals surface area contributed by atoms with E-state index in [0.717, 1.165) is 6.20 Å². The van der Waals surface area contributed by atoms with Gasteiger partial charge in [-0.3, -0.25) is 4.57 Å². The summed E-state index contributed by atoms with van der Waals surface area (Å²) in [4.78, 5) is 3.53. The van der Waals surface area contributed by atoms with E-state index in [1.54, 1.807) is 6.07 Å². The molecule has 148 valence electrons. The zero-order valence-electron chi connectivity index (χ0n) is 14.2. The molecule has 0 amide bonds. The zero-order valence-corrected chi connectivity index (χ0v) is 15.8. The summed E-state index contributed by atoms with van der Waals surface area (Å²) in [5.74, 6) is 0.0842. The molecule has 2 N–H and O–H groups in total. The minimum absolute atomic E-state index is 0.0740. The van der Waals surface area contributed by atoms with Crippen LogP contribution in [-0.4, -0.2) is 25.1 Å². The van der Waals surface area contributed by atoms with Crippen molar-refractivity contribution in [3.05, 3.63) is 59.4 Å². The van der Waals surface area contributed by atoms with Gasteiger partial charge in [0.2, 0.25) is 10.0 Å². The number of imidazole rings is 1. The quantitative estimate of drug-likeness (QED) is 0.679. The summed E-state index contributed by atoms with van der Waals surface area (Å²) in [7, 11) is -2.60. The molecule has 1 heterocycles. The topological polar surface area (TPSA) is 87.2 Å². The van der Waals surface area contributed by atoms with Crippen LogP contribution in [0.2, 0.25) is 5.02 Å². The highest BCUT2D eigenvalue weighted by Crippen LogP contribution is 2.38. The third kappa shape index (κ3) is 3.84. The van der Waals surface area contributed by atoms with Gasteiger partial charge in [-0.05, 0) is 36.4 Å². The Balaban J connectivity index is 2.24. The van der Waals surface area contributed by atoms with Gasteiger partial charge < -0.3 is 4.74 Å². The Morgan fingerprint density at radius 2 is 1.79 bits per heavy atom. The van der Waals surface area contributed by atoms with Gasteiger partial charge in [-0.2, -0.15) is 13.2 Å². The third-order valence-electron chi connectivity index (χ3n) is 3.85. The second-order valence-corrected chi connectivity index (χ2v) is 7.65. The number of alkyl halides is 3. The number of hydrogen-bond donors (Lipinski definition) is 1. The van der Waals surface area contributed by atoms with E-state index in [0.29, 0.717) is 0 Å². The van der Waals surface area contributed by atoms with E-state index in [1.807, 2.05) is 0 Å². The molecule has 0 bridgehead atoms. The number of methoxy groups -OCH3 is 1. The number of halogens is 4. The van der Waals surface area contributed by atoms with Gasteiger partial charge in [-0.25, -0.2) is 18.5 Å². The number of hydrogen-bond acceptors (Lipinski definition) is 4. The summed E-state index contributed by atoms with van der Waals surface area (Å²) in [6.45, 7) is 0. The standard InChI is InChI=1S/C17H13ClF3N3O3S/c1-27-15-12(3-2-4-13(15)18)16-23-14(17(19,20)21)9-24(16)10-5-7-11(8-6-10)28(22,25)26/h2-9H,1H3,(H2,22,25,26). The van der Waals surface area contributed by atoms with Crippen molar-refractivity contribution in [2.75, 3.05) is 7.11 Å². The van der Waals surface area contributed by atoms with Gasteiger partial charge in [0.25, 0.3) is 0 Å². The number of rotatable bonds is 4. The maximum absolute atomic E-state index is 13.3. The van der Waals surface area contributed by atoms with Gasteiger partial charge in [-0.1, -0.05) is 17.7 Å². The Bertz CT molecular complexity index is 1130. The van der Waals surface area contributed by atoms with Gasteiger partial charge in [0, 0.05) is 11.9 Å². The normalized spacial score (nSPS) is 12.2. The second-order valence-electron chi connectivity index (χ2n) is 5.68. The summed E-state index contributed by atoms with van der Waals surface area (Å²) in [5, 5.41) is 5.26. The van der Waals surface area contributed by atoms with Crippen LogP contribution < -0.4 is 9.88 Å². The number of benzene rings is 2. The SMILES string of the molecule is COc1c(Cl)cccc1-c1nc(C(F)(F)F)cn1-c1ccc(S(N)(=O)=O)cc1.